The molecular weight excluding hydrogens is 264 g/mol. The first-order chi connectivity index (χ1) is 8.87. The molecule has 0 atom stereocenters. The summed E-state index contributed by atoms with van der Waals surface area (Å²) >= 11 is 5.17. The van der Waals surface area contributed by atoms with Gasteiger partial charge in [0.15, 0.2) is 0 Å². The third kappa shape index (κ3) is 2.90. The van der Waals surface area contributed by atoms with E-state index in [4.69, 9.17) is 27.4 Å². The molecule has 0 aromatic rings. The van der Waals surface area contributed by atoms with E-state index >= 15 is 0 Å². The van der Waals surface area contributed by atoms with Gasteiger partial charge in [-0.3, -0.25) is 4.79 Å². The van der Waals surface area contributed by atoms with Gasteiger partial charge in [0.05, 0.1) is 17.2 Å². The van der Waals surface area contributed by atoms with Crippen molar-refractivity contribution in [3.63, 3.8) is 0 Å². The summed E-state index contributed by atoms with van der Waals surface area (Å²) in [5, 5.41) is 0. The first-order valence-corrected chi connectivity index (χ1v) is 7.09. The molecule has 0 saturated carbocycles. The topological polar surface area (TPSA) is 64.8 Å². The highest BCUT2D eigenvalue weighted by molar-refractivity contribution is 7.80. The molecule has 5 nitrogen and oxygen atoms in total. The Balaban J connectivity index is 2.18. The van der Waals surface area contributed by atoms with Crippen molar-refractivity contribution in [1.82, 2.24) is 4.90 Å². The number of ether oxygens (including phenoxy) is 2. The molecule has 2 heterocycles. The zero-order valence-electron chi connectivity index (χ0n) is 11.6. The summed E-state index contributed by atoms with van der Waals surface area (Å²) in [6, 6.07) is 0. The van der Waals surface area contributed by atoms with E-state index in [1.807, 2.05) is 18.7 Å². The van der Waals surface area contributed by atoms with Gasteiger partial charge in [-0.25, -0.2) is 0 Å². The first kappa shape index (κ1) is 14.7. The Bertz CT molecular complexity index is 378. The first-order valence-electron chi connectivity index (χ1n) is 6.68. The van der Waals surface area contributed by atoms with Crippen LogP contribution >= 0.6 is 12.2 Å². The molecule has 0 spiro atoms. The Hall–Kier alpha value is -0.720. The second-order valence-corrected chi connectivity index (χ2v) is 6.33. The number of nitrogens with zero attached hydrogens (tertiary/aromatic N) is 1. The minimum atomic E-state index is -0.721. The van der Waals surface area contributed by atoms with Gasteiger partial charge in [-0.15, -0.1) is 0 Å². The average Bonchev–Trinajstić information content (AvgIpc) is 2.37. The molecule has 2 aliphatic rings. The summed E-state index contributed by atoms with van der Waals surface area (Å²) in [4.78, 5) is 15.0. The lowest BCUT2D eigenvalue weighted by Gasteiger charge is -2.44. The minimum Gasteiger partial charge on any atom is -0.392 e. The van der Waals surface area contributed by atoms with Crippen molar-refractivity contribution in [2.24, 2.45) is 11.1 Å². The maximum absolute atomic E-state index is 12.9. The van der Waals surface area contributed by atoms with Gasteiger partial charge in [0, 0.05) is 26.3 Å². The van der Waals surface area contributed by atoms with Gasteiger partial charge in [0.1, 0.15) is 5.41 Å². The number of nitrogens with two attached hydrogens (primary N) is 1. The van der Waals surface area contributed by atoms with Crippen LogP contribution in [-0.2, 0) is 14.3 Å². The number of thiocarbonyl (C=S) groups is 1. The molecule has 0 bridgehead atoms. The fourth-order valence-corrected chi connectivity index (χ4v) is 3.07. The van der Waals surface area contributed by atoms with Crippen LogP contribution in [0.25, 0.3) is 0 Å². The van der Waals surface area contributed by atoms with Gasteiger partial charge in [0.2, 0.25) is 5.91 Å². The van der Waals surface area contributed by atoms with Crippen LogP contribution in [0.5, 0.6) is 0 Å². The van der Waals surface area contributed by atoms with Gasteiger partial charge in [-0.2, -0.15) is 0 Å². The van der Waals surface area contributed by atoms with Gasteiger partial charge >= 0.3 is 0 Å². The number of hydrogen-bond donors (Lipinski definition) is 1. The molecule has 0 radical (unpaired) electrons. The summed E-state index contributed by atoms with van der Waals surface area (Å²) in [5.74, 6) is 0.0414. The van der Waals surface area contributed by atoms with Crippen LogP contribution in [-0.4, -0.2) is 54.3 Å². The zero-order chi connectivity index (χ0) is 14.1. The predicted octanol–water partition coefficient (Wildman–Crippen LogP) is 0.707. The lowest BCUT2D eigenvalue weighted by Crippen LogP contribution is -2.58. The SMILES string of the molecule is CC1(C)CN(C(=O)C2(C(N)=S)CCOCC2)CCO1. The molecule has 6 heteroatoms. The lowest BCUT2D eigenvalue weighted by molar-refractivity contribution is -0.156. The fourth-order valence-electron chi connectivity index (χ4n) is 2.78. The van der Waals surface area contributed by atoms with Crippen LogP contribution in [0.1, 0.15) is 26.7 Å². The number of hydrogen-bond acceptors (Lipinski definition) is 4. The largest absolute Gasteiger partial charge is 0.392 e. The summed E-state index contributed by atoms with van der Waals surface area (Å²) in [6.07, 6.45) is 1.16. The third-order valence-corrected chi connectivity index (χ3v) is 4.33. The van der Waals surface area contributed by atoms with E-state index in [0.29, 0.717) is 50.7 Å². The van der Waals surface area contributed by atoms with Crippen LogP contribution in [0.4, 0.5) is 0 Å². The maximum atomic E-state index is 12.9. The van der Waals surface area contributed by atoms with E-state index in [1.54, 1.807) is 0 Å². The summed E-state index contributed by atoms with van der Waals surface area (Å²) in [7, 11) is 0. The molecule has 0 aliphatic carbocycles. The Morgan fingerprint density at radius 3 is 2.42 bits per heavy atom. The molecule has 0 unspecified atom stereocenters. The summed E-state index contributed by atoms with van der Waals surface area (Å²) in [5.41, 5.74) is 4.84. The highest BCUT2D eigenvalue weighted by Gasteiger charge is 2.46. The summed E-state index contributed by atoms with van der Waals surface area (Å²) < 4.78 is 11.0. The molecule has 2 fully saturated rings. The predicted molar refractivity (Wildman–Crippen MR) is 75.9 cm³/mol. The quantitative estimate of drug-likeness (QED) is 0.757. The molecule has 2 aliphatic heterocycles. The zero-order valence-corrected chi connectivity index (χ0v) is 12.4. The van der Waals surface area contributed by atoms with Crippen molar-refractivity contribution in [3.8, 4) is 0 Å². The number of amides is 1. The van der Waals surface area contributed by atoms with Crippen LogP contribution in [0.3, 0.4) is 0 Å². The third-order valence-electron chi connectivity index (χ3n) is 3.94. The molecule has 2 saturated heterocycles. The second kappa shape index (κ2) is 5.34. The second-order valence-electron chi connectivity index (χ2n) is 5.89. The molecule has 0 aromatic carbocycles. The number of rotatable bonds is 2. The normalized spacial score (nSPS) is 25.9. The van der Waals surface area contributed by atoms with Crippen LogP contribution in [0.2, 0.25) is 0 Å². The fraction of sp³-hybridized carbons (Fsp3) is 0.846. The lowest BCUT2D eigenvalue weighted by atomic mass is 9.78. The van der Waals surface area contributed by atoms with E-state index in [0.717, 1.165) is 0 Å². The molecular formula is C13H22N2O3S. The van der Waals surface area contributed by atoms with Gasteiger partial charge in [-0.1, -0.05) is 12.2 Å². The molecule has 19 heavy (non-hydrogen) atoms. The Morgan fingerprint density at radius 1 is 1.26 bits per heavy atom. The highest BCUT2D eigenvalue weighted by atomic mass is 32.1. The van der Waals surface area contributed by atoms with Crippen molar-refractivity contribution in [1.29, 1.82) is 0 Å². The number of carbonyl (C=O) groups excluding carboxylic acids is 1. The monoisotopic (exact) mass is 286 g/mol. The Morgan fingerprint density at radius 2 is 1.89 bits per heavy atom. The Labute approximate surface area is 119 Å². The molecule has 1 amide bonds. The number of morpholine rings is 1. The van der Waals surface area contributed by atoms with Crippen molar-refractivity contribution in [2.45, 2.75) is 32.3 Å². The average molecular weight is 286 g/mol. The van der Waals surface area contributed by atoms with Crippen molar-refractivity contribution in [2.75, 3.05) is 32.9 Å². The highest BCUT2D eigenvalue weighted by Crippen LogP contribution is 2.34. The van der Waals surface area contributed by atoms with Crippen molar-refractivity contribution < 1.29 is 14.3 Å². The van der Waals surface area contributed by atoms with Gasteiger partial charge < -0.3 is 20.1 Å². The minimum absolute atomic E-state index is 0.0414. The molecule has 2 N–H and O–H groups in total. The van der Waals surface area contributed by atoms with Gasteiger partial charge in [-0.05, 0) is 26.7 Å². The van der Waals surface area contributed by atoms with Crippen LogP contribution < -0.4 is 5.73 Å². The standard InChI is InChI=1S/C13H22N2O3S/c1-12(2)9-15(5-8-18-12)11(16)13(10(14)19)3-6-17-7-4-13/h3-9H2,1-2H3,(H2,14,19). The molecule has 108 valence electrons. The van der Waals surface area contributed by atoms with Crippen LogP contribution in [0, 0.1) is 5.41 Å². The van der Waals surface area contributed by atoms with E-state index in [9.17, 15) is 4.79 Å². The number of carbonyl (C=O) groups is 1. The maximum Gasteiger partial charge on any atom is 0.235 e. The van der Waals surface area contributed by atoms with E-state index < -0.39 is 5.41 Å². The van der Waals surface area contributed by atoms with Crippen LogP contribution in [0.15, 0.2) is 0 Å². The van der Waals surface area contributed by atoms with E-state index in [-0.39, 0.29) is 11.5 Å². The van der Waals surface area contributed by atoms with E-state index in [2.05, 4.69) is 0 Å². The van der Waals surface area contributed by atoms with Crippen molar-refractivity contribution in [3.05, 3.63) is 0 Å². The Kier molecular flexibility index (Phi) is 4.13. The molecule has 2 rings (SSSR count). The smallest absolute Gasteiger partial charge is 0.235 e. The van der Waals surface area contributed by atoms with E-state index in [1.165, 1.54) is 0 Å². The summed E-state index contributed by atoms with van der Waals surface area (Å²) in [6.45, 7) is 6.80. The van der Waals surface area contributed by atoms with Gasteiger partial charge in [0.25, 0.3) is 0 Å². The van der Waals surface area contributed by atoms with Crippen molar-refractivity contribution >= 4 is 23.1 Å². The molecule has 0 aromatic heterocycles.